The van der Waals surface area contributed by atoms with Crippen molar-refractivity contribution >= 4 is 11.6 Å². The van der Waals surface area contributed by atoms with Gasteiger partial charge in [-0.3, -0.25) is 0 Å². The molecule has 2 atom stereocenters. The van der Waals surface area contributed by atoms with Crippen LogP contribution in [0.3, 0.4) is 0 Å². The van der Waals surface area contributed by atoms with Gasteiger partial charge in [-0.15, -0.1) is 0 Å². The van der Waals surface area contributed by atoms with E-state index >= 15 is 0 Å². The fourth-order valence-electron chi connectivity index (χ4n) is 3.07. The number of benzene rings is 1. The van der Waals surface area contributed by atoms with Gasteiger partial charge in [-0.2, -0.15) is 0 Å². The molecule has 0 saturated carbocycles. The lowest BCUT2D eigenvalue weighted by Gasteiger charge is -2.27. The van der Waals surface area contributed by atoms with Crippen molar-refractivity contribution in [1.29, 1.82) is 0 Å². The molecule has 0 aliphatic carbocycles. The summed E-state index contributed by atoms with van der Waals surface area (Å²) in [5, 5.41) is 4.52. The van der Waals surface area contributed by atoms with Crippen LogP contribution in [0.5, 0.6) is 5.75 Å². The normalized spacial score (nSPS) is 16.6. The van der Waals surface area contributed by atoms with Crippen LogP contribution in [0, 0.1) is 5.92 Å². The second-order valence-electron chi connectivity index (χ2n) is 5.78. The maximum atomic E-state index is 6.31. The first-order valence-electron chi connectivity index (χ1n) is 7.85. The molecule has 0 amide bonds. The van der Waals surface area contributed by atoms with Crippen molar-refractivity contribution in [1.82, 2.24) is 5.32 Å². The third kappa shape index (κ3) is 3.48. The van der Waals surface area contributed by atoms with Crippen molar-refractivity contribution in [2.45, 2.75) is 52.5 Å². The molecule has 2 unspecified atom stereocenters. The van der Waals surface area contributed by atoms with Gasteiger partial charge in [0.1, 0.15) is 5.75 Å². The number of rotatable bonds is 7. The van der Waals surface area contributed by atoms with Crippen molar-refractivity contribution < 1.29 is 4.74 Å². The Morgan fingerprint density at radius 3 is 2.80 bits per heavy atom. The van der Waals surface area contributed by atoms with Gasteiger partial charge in [0, 0.05) is 23.0 Å². The predicted octanol–water partition coefficient (Wildman–Crippen LogP) is 4.75. The van der Waals surface area contributed by atoms with Crippen molar-refractivity contribution in [3.63, 3.8) is 0 Å². The molecule has 2 nitrogen and oxygen atoms in total. The second kappa shape index (κ2) is 7.33. The summed E-state index contributed by atoms with van der Waals surface area (Å²) in [5.41, 5.74) is 2.51. The number of halogens is 1. The average molecular weight is 296 g/mol. The fraction of sp³-hybridized carbons (Fsp3) is 0.647. The van der Waals surface area contributed by atoms with Gasteiger partial charge < -0.3 is 10.1 Å². The van der Waals surface area contributed by atoms with E-state index in [1.807, 2.05) is 0 Å². The zero-order chi connectivity index (χ0) is 14.5. The smallest absolute Gasteiger partial charge is 0.127 e. The van der Waals surface area contributed by atoms with Crippen molar-refractivity contribution in [2.24, 2.45) is 5.92 Å². The van der Waals surface area contributed by atoms with E-state index in [-0.39, 0.29) is 0 Å². The van der Waals surface area contributed by atoms with E-state index in [1.165, 1.54) is 24.0 Å². The Labute approximate surface area is 127 Å². The Balaban J connectivity index is 2.32. The highest BCUT2D eigenvalue weighted by Gasteiger charge is 2.26. The van der Waals surface area contributed by atoms with Gasteiger partial charge in [0.25, 0.3) is 0 Å². The molecule has 0 radical (unpaired) electrons. The third-order valence-corrected chi connectivity index (χ3v) is 4.26. The van der Waals surface area contributed by atoms with Crippen LogP contribution in [0.2, 0.25) is 5.02 Å². The predicted molar refractivity (Wildman–Crippen MR) is 85.8 cm³/mol. The lowest BCUT2D eigenvalue weighted by atomic mass is 9.89. The van der Waals surface area contributed by atoms with Crippen LogP contribution in [0.15, 0.2) is 12.1 Å². The Kier molecular flexibility index (Phi) is 5.74. The zero-order valence-corrected chi connectivity index (χ0v) is 13.6. The van der Waals surface area contributed by atoms with Crippen molar-refractivity contribution in [2.75, 3.05) is 13.2 Å². The molecule has 1 heterocycles. The van der Waals surface area contributed by atoms with Crippen LogP contribution in [0.4, 0.5) is 0 Å². The first-order valence-corrected chi connectivity index (χ1v) is 8.23. The summed E-state index contributed by atoms with van der Waals surface area (Å²) in [6, 6.07) is 4.47. The Bertz CT molecular complexity index is 447. The first kappa shape index (κ1) is 15.7. The fourth-order valence-corrected chi connectivity index (χ4v) is 3.32. The highest BCUT2D eigenvalue weighted by atomic mass is 35.5. The quantitative estimate of drug-likeness (QED) is 0.783. The largest absolute Gasteiger partial charge is 0.493 e. The maximum absolute atomic E-state index is 6.31. The minimum atomic E-state index is 0.334. The van der Waals surface area contributed by atoms with E-state index < -0.39 is 0 Å². The SMILES string of the molecule is CCCNC(c1cc(Cl)cc2c1OCC2)C(C)CCC. The molecule has 0 aromatic heterocycles. The summed E-state index contributed by atoms with van der Waals surface area (Å²) in [4.78, 5) is 0. The molecule has 1 aromatic carbocycles. The van der Waals surface area contributed by atoms with E-state index in [1.54, 1.807) is 0 Å². The molecule has 1 aliphatic heterocycles. The highest BCUT2D eigenvalue weighted by molar-refractivity contribution is 6.30. The van der Waals surface area contributed by atoms with Gasteiger partial charge in [-0.05, 0) is 43.0 Å². The van der Waals surface area contributed by atoms with Gasteiger partial charge in [0.05, 0.1) is 6.61 Å². The van der Waals surface area contributed by atoms with E-state index in [4.69, 9.17) is 16.3 Å². The molecule has 3 heteroatoms. The minimum absolute atomic E-state index is 0.334. The maximum Gasteiger partial charge on any atom is 0.127 e. The topological polar surface area (TPSA) is 21.3 Å². The average Bonchev–Trinajstić information content (AvgIpc) is 2.87. The highest BCUT2D eigenvalue weighted by Crippen LogP contribution is 2.39. The minimum Gasteiger partial charge on any atom is -0.493 e. The molecule has 0 saturated heterocycles. The molecule has 112 valence electrons. The monoisotopic (exact) mass is 295 g/mol. The van der Waals surface area contributed by atoms with Gasteiger partial charge in [-0.1, -0.05) is 38.8 Å². The van der Waals surface area contributed by atoms with Gasteiger partial charge in [0.2, 0.25) is 0 Å². The lowest BCUT2D eigenvalue weighted by molar-refractivity contribution is 0.325. The molecule has 0 bridgehead atoms. The molecule has 1 aromatic rings. The summed E-state index contributed by atoms with van der Waals surface area (Å²) in [7, 11) is 0. The summed E-state index contributed by atoms with van der Waals surface area (Å²) in [5.74, 6) is 1.66. The molecular formula is C17H26ClNO. The molecule has 0 fully saturated rings. The summed E-state index contributed by atoms with van der Waals surface area (Å²) >= 11 is 6.31. The summed E-state index contributed by atoms with van der Waals surface area (Å²) in [6.07, 6.45) is 4.53. The van der Waals surface area contributed by atoms with E-state index in [9.17, 15) is 0 Å². The van der Waals surface area contributed by atoms with Gasteiger partial charge in [-0.25, -0.2) is 0 Å². The number of hydrogen-bond acceptors (Lipinski definition) is 2. The Hall–Kier alpha value is -0.730. The van der Waals surface area contributed by atoms with Crippen LogP contribution in [0.25, 0.3) is 0 Å². The van der Waals surface area contributed by atoms with Crippen LogP contribution < -0.4 is 10.1 Å². The zero-order valence-electron chi connectivity index (χ0n) is 12.8. The van der Waals surface area contributed by atoms with Gasteiger partial charge >= 0.3 is 0 Å². The lowest BCUT2D eigenvalue weighted by Crippen LogP contribution is -2.28. The molecule has 2 rings (SSSR count). The van der Waals surface area contributed by atoms with Crippen LogP contribution in [-0.2, 0) is 6.42 Å². The number of hydrogen-bond donors (Lipinski definition) is 1. The Morgan fingerprint density at radius 2 is 2.10 bits per heavy atom. The van der Waals surface area contributed by atoms with Gasteiger partial charge in [0.15, 0.2) is 0 Å². The molecule has 0 spiro atoms. The third-order valence-electron chi connectivity index (χ3n) is 4.04. The molecule has 20 heavy (non-hydrogen) atoms. The van der Waals surface area contributed by atoms with Crippen molar-refractivity contribution in [3.05, 3.63) is 28.3 Å². The number of ether oxygens (including phenoxy) is 1. The molecular weight excluding hydrogens is 270 g/mol. The molecule has 1 aliphatic rings. The van der Waals surface area contributed by atoms with Crippen LogP contribution >= 0.6 is 11.6 Å². The van der Waals surface area contributed by atoms with E-state index in [0.29, 0.717) is 12.0 Å². The van der Waals surface area contributed by atoms with Crippen molar-refractivity contribution in [3.8, 4) is 5.75 Å². The summed E-state index contributed by atoms with van der Waals surface area (Å²) in [6.45, 7) is 8.57. The van der Waals surface area contributed by atoms with E-state index in [2.05, 4.69) is 38.2 Å². The number of nitrogens with one attached hydrogen (secondary N) is 1. The summed E-state index contributed by atoms with van der Waals surface area (Å²) < 4.78 is 5.88. The Morgan fingerprint density at radius 1 is 1.30 bits per heavy atom. The van der Waals surface area contributed by atoms with Crippen LogP contribution in [-0.4, -0.2) is 13.2 Å². The standard InChI is InChI=1S/C17H26ClNO/c1-4-6-12(3)16(19-8-5-2)15-11-14(18)10-13-7-9-20-17(13)15/h10-12,16,19H,4-9H2,1-3H3. The molecule has 1 N–H and O–H groups in total. The van der Waals surface area contributed by atoms with Crippen LogP contribution in [0.1, 0.15) is 57.2 Å². The van der Waals surface area contributed by atoms with E-state index in [0.717, 1.165) is 36.8 Å². The number of fused-ring (bicyclic) bond motifs is 1. The first-order chi connectivity index (χ1) is 9.67. The second-order valence-corrected chi connectivity index (χ2v) is 6.22.